The van der Waals surface area contributed by atoms with E-state index in [1.807, 2.05) is 13.0 Å². The Morgan fingerprint density at radius 1 is 1.79 bits per heavy atom. The van der Waals surface area contributed by atoms with Crippen LogP contribution < -0.4 is 5.32 Å². The largest absolute Gasteiger partial charge is 0.353 e. The Morgan fingerprint density at radius 2 is 2.50 bits per heavy atom. The summed E-state index contributed by atoms with van der Waals surface area (Å²) in [6, 6.07) is 0.625. The summed E-state index contributed by atoms with van der Waals surface area (Å²) in [6.07, 6.45) is 5.21. The summed E-state index contributed by atoms with van der Waals surface area (Å²) in [5, 5.41) is 3.44. The average molecular weight is 191 g/mol. The number of nitrogens with one attached hydrogen (secondary N) is 1. The first-order valence-electron chi connectivity index (χ1n) is 5.12. The Balaban J connectivity index is 2.10. The van der Waals surface area contributed by atoms with E-state index in [4.69, 9.17) is 0 Å². The topological polar surface area (TPSA) is 29.9 Å². The maximum absolute atomic E-state index is 4.45. The fraction of sp³-hybridized carbons (Fsp3) is 0.545. The number of allylic oxidation sites excluding steroid dienone is 1. The summed E-state index contributed by atoms with van der Waals surface area (Å²) in [5.74, 6) is 1.78. The van der Waals surface area contributed by atoms with Gasteiger partial charge in [-0.15, -0.1) is 6.58 Å². The molecule has 0 saturated heterocycles. The van der Waals surface area contributed by atoms with Crippen LogP contribution in [0.1, 0.15) is 19.0 Å². The molecule has 1 saturated carbocycles. The van der Waals surface area contributed by atoms with Crippen molar-refractivity contribution < 1.29 is 0 Å². The van der Waals surface area contributed by atoms with Gasteiger partial charge < -0.3 is 9.88 Å². The van der Waals surface area contributed by atoms with Gasteiger partial charge in [-0.05, 0) is 19.3 Å². The second-order valence-corrected chi connectivity index (χ2v) is 4.11. The number of anilines is 1. The third kappa shape index (κ3) is 1.81. The van der Waals surface area contributed by atoms with Crippen molar-refractivity contribution >= 4 is 5.95 Å². The maximum Gasteiger partial charge on any atom is 0.203 e. The molecule has 0 aliphatic heterocycles. The Kier molecular flexibility index (Phi) is 2.32. The van der Waals surface area contributed by atoms with Crippen molar-refractivity contribution in [3.8, 4) is 0 Å². The molecule has 1 N–H and O–H groups in total. The summed E-state index contributed by atoms with van der Waals surface area (Å²) >= 11 is 0. The highest BCUT2D eigenvalue weighted by Crippen LogP contribution is 2.32. The van der Waals surface area contributed by atoms with E-state index in [2.05, 4.69) is 34.6 Å². The normalized spacial score (nSPS) is 24.7. The Hall–Kier alpha value is -1.25. The fourth-order valence-electron chi connectivity index (χ4n) is 1.63. The van der Waals surface area contributed by atoms with E-state index in [1.165, 1.54) is 6.42 Å². The predicted molar refractivity (Wildman–Crippen MR) is 58.4 cm³/mol. The molecule has 2 rings (SSSR count). The van der Waals surface area contributed by atoms with Gasteiger partial charge in [0.2, 0.25) is 5.95 Å². The molecule has 0 spiro atoms. The van der Waals surface area contributed by atoms with Gasteiger partial charge in [0.25, 0.3) is 0 Å². The standard InChI is InChI=1S/C11H17N3/c1-4-5-14-7-9(3)12-11(14)13-10-6-8(10)2/h4,7-8,10H,1,5-6H2,2-3H3,(H,12,13). The molecular formula is C11H17N3. The summed E-state index contributed by atoms with van der Waals surface area (Å²) in [5.41, 5.74) is 1.06. The van der Waals surface area contributed by atoms with Crippen LogP contribution in [0.3, 0.4) is 0 Å². The number of nitrogens with zero attached hydrogens (tertiary/aromatic N) is 2. The Bertz CT molecular complexity index is 340. The quantitative estimate of drug-likeness (QED) is 0.739. The van der Waals surface area contributed by atoms with E-state index in [9.17, 15) is 0 Å². The number of rotatable bonds is 4. The summed E-state index contributed by atoms with van der Waals surface area (Å²) in [6.45, 7) is 8.83. The molecule has 1 aromatic heterocycles. The molecule has 0 radical (unpaired) electrons. The SMILES string of the molecule is C=CCn1cc(C)nc1NC1CC1C. The van der Waals surface area contributed by atoms with Crippen LogP contribution in [0.4, 0.5) is 5.95 Å². The molecule has 14 heavy (non-hydrogen) atoms. The van der Waals surface area contributed by atoms with Crippen molar-refractivity contribution in [2.24, 2.45) is 5.92 Å². The van der Waals surface area contributed by atoms with Crippen LogP contribution in [0, 0.1) is 12.8 Å². The molecule has 1 aromatic rings. The molecule has 76 valence electrons. The number of hydrogen-bond acceptors (Lipinski definition) is 2. The first-order chi connectivity index (χ1) is 6.70. The zero-order valence-electron chi connectivity index (χ0n) is 8.83. The fourth-order valence-corrected chi connectivity index (χ4v) is 1.63. The number of aromatic nitrogens is 2. The molecule has 2 unspecified atom stereocenters. The lowest BCUT2D eigenvalue weighted by atomic mass is 10.5. The van der Waals surface area contributed by atoms with E-state index in [1.54, 1.807) is 0 Å². The van der Waals surface area contributed by atoms with Gasteiger partial charge in [-0.2, -0.15) is 0 Å². The number of aryl methyl sites for hydroxylation is 1. The van der Waals surface area contributed by atoms with Crippen LogP contribution >= 0.6 is 0 Å². The van der Waals surface area contributed by atoms with Crippen LogP contribution in [0.25, 0.3) is 0 Å². The molecule has 3 heteroatoms. The summed E-state index contributed by atoms with van der Waals surface area (Å²) in [7, 11) is 0. The third-order valence-electron chi connectivity index (χ3n) is 2.65. The van der Waals surface area contributed by atoms with Gasteiger partial charge in [0.15, 0.2) is 0 Å². The van der Waals surface area contributed by atoms with Crippen LogP contribution in [0.5, 0.6) is 0 Å². The van der Waals surface area contributed by atoms with Crippen LogP contribution in [0.15, 0.2) is 18.9 Å². The van der Waals surface area contributed by atoms with Crippen LogP contribution in [0.2, 0.25) is 0 Å². The minimum absolute atomic E-state index is 0.625. The predicted octanol–water partition coefficient (Wildman–Crippen LogP) is 2.20. The second kappa shape index (κ2) is 3.48. The van der Waals surface area contributed by atoms with Crippen molar-refractivity contribution in [3.63, 3.8) is 0 Å². The molecule has 2 atom stereocenters. The van der Waals surface area contributed by atoms with E-state index in [0.29, 0.717) is 6.04 Å². The lowest BCUT2D eigenvalue weighted by molar-refractivity contribution is 0.809. The van der Waals surface area contributed by atoms with Crippen molar-refractivity contribution in [3.05, 3.63) is 24.5 Å². The highest BCUT2D eigenvalue weighted by molar-refractivity contribution is 5.33. The number of hydrogen-bond donors (Lipinski definition) is 1. The molecule has 0 bridgehead atoms. The molecular weight excluding hydrogens is 174 g/mol. The van der Waals surface area contributed by atoms with E-state index in [0.717, 1.165) is 24.1 Å². The lowest BCUT2D eigenvalue weighted by Gasteiger charge is -2.06. The van der Waals surface area contributed by atoms with E-state index >= 15 is 0 Å². The van der Waals surface area contributed by atoms with Crippen molar-refractivity contribution in [2.75, 3.05) is 5.32 Å². The zero-order valence-corrected chi connectivity index (χ0v) is 8.83. The van der Waals surface area contributed by atoms with Gasteiger partial charge in [0.1, 0.15) is 0 Å². The first kappa shape index (κ1) is 9.31. The Morgan fingerprint density at radius 3 is 3.07 bits per heavy atom. The summed E-state index contributed by atoms with van der Waals surface area (Å²) < 4.78 is 2.10. The van der Waals surface area contributed by atoms with Gasteiger partial charge >= 0.3 is 0 Å². The molecule has 1 fully saturated rings. The zero-order chi connectivity index (χ0) is 10.1. The van der Waals surface area contributed by atoms with E-state index in [-0.39, 0.29) is 0 Å². The van der Waals surface area contributed by atoms with Gasteiger partial charge in [0.05, 0.1) is 5.69 Å². The molecule has 1 aliphatic carbocycles. The first-order valence-corrected chi connectivity index (χ1v) is 5.12. The van der Waals surface area contributed by atoms with Crippen molar-refractivity contribution in [1.82, 2.24) is 9.55 Å². The molecule has 1 aliphatic rings. The minimum atomic E-state index is 0.625. The lowest BCUT2D eigenvalue weighted by Crippen LogP contribution is -2.09. The molecule has 1 heterocycles. The number of imidazole rings is 1. The minimum Gasteiger partial charge on any atom is -0.353 e. The van der Waals surface area contributed by atoms with Gasteiger partial charge in [-0.25, -0.2) is 4.98 Å². The third-order valence-corrected chi connectivity index (χ3v) is 2.65. The van der Waals surface area contributed by atoms with Crippen molar-refractivity contribution in [1.29, 1.82) is 0 Å². The van der Waals surface area contributed by atoms with Gasteiger partial charge in [0, 0.05) is 18.8 Å². The highest BCUT2D eigenvalue weighted by atomic mass is 15.2. The Labute approximate surface area is 84.8 Å². The van der Waals surface area contributed by atoms with Gasteiger partial charge in [-0.3, -0.25) is 0 Å². The average Bonchev–Trinajstić information content (AvgIpc) is 2.68. The molecule has 3 nitrogen and oxygen atoms in total. The second-order valence-electron chi connectivity index (χ2n) is 4.11. The maximum atomic E-state index is 4.45. The van der Waals surface area contributed by atoms with Gasteiger partial charge in [-0.1, -0.05) is 13.0 Å². The van der Waals surface area contributed by atoms with Crippen LogP contribution in [-0.4, -0.2) is 15.6 Å². The smallest absolute Gasteiger partial charge is 0.203 e. The molecule has 0 aromatic carbocycles. The monoisotopic (exact) mass is 191 g/mol. The summed E-state index contributed by atoms with van der Waals surface area (Å²) in [4.78, 5) is 4.45. The van der Waals surface area contributed by atoms with Crippen LogP contribution in [-0.2, 0) is 6.54 Å². The highest BCUT2D eigenvalue weighted by Gasteiger charge is 2.33. The van der Waals surface area contributed by atoms with E-state index < -0.39 is 0 Å². The molecule has 0 amide bonds. The van der Waals surface area contributed by atoms with Crippen molar-refractivity contribution in [2.45, 2.75) is 32.9 Å².